The van der Waals surface area contributed by atoms with Gasteiger partial charge in [0.2, 0.25) is 5.75 Å². The van der Waals surface area contributed by atoms with Gasteiger partial charge in [-0.05, 0) is 18.2 Å². The number of methoxy groups -OCH3 is 1. The van der Waals surface area contributed by atoms with Gasteiger partial charge in [-0.25, -0.2) is 15.0 Å². The highest BCUT2D eigenvalue weighted by molar-refractivity contribution is 5.48. The zero-order chi connectivity index (χ0) is 16.2. The molecular weight excluding hydrogens is 300 g/mol. The lowest BCUT2D eigenvalue weighted by Gasteiger charge is -2.14. The molecule has 0 fully saturated rings. The summed E-state index contributed by atoms with van der Waals surface area (Å²) in [4.78, 5) is 26.2. The normalized spacial score (nSPS) is 10.3. The first-order chi connectivity index (χ1) is 11.2. The number of benzene rings is 1. The van der Waals surface area contributed by atoms with E-state index in [1.54, 1.807) is 30.3 Å². The molecule has 8 heteroatoms. The van der Waals surface area contributed by atoms with Gasteiger partial charge in [-0.3, -0.25) is 4.79 Å². The number of ether oxygens (including phenoxy) is 2. The van der Waals surface area contributed by atoms with Crippen LogP contribution in [0, 0.1) is 0 Å². The maximum atomic E-state index is 12.1. The van der Waals surface area contributed by atoms with Gasteiger partial charge in [0, 0.05) is 18.3 Å². The summed E-state index contributed by atoms with van der Waals surface area (Å²) in [5, 5.41) is 12.1. The number of rotatable bonds is 4. The third-order valence-corrected chi connectivity index (χ3v) is 2.90. The molecule has 0 unspecified atom stereocenters. The highest BCUT2D eigenvalue weighted by atomic mass is 16.5. The molecule has 0 spiro atoms. The van der Waals surface area contributed by atoms with E-state index in [2.05, 4.69) is 19.9 Å². The van der Waals surface area contributed by atoms with Crippen LogP contribution >= 0.6 is 0 Å². The second-order valence-electron chi connectivity index (χ2n) is 4.37. The SMILES string of the molecule is COc1ccccc1Oc1c([O-])nc(-c2ncccn2)[nH]c1=O. The minimum Gasteiger partial charge on any atom is -0.856 e. The van der Waals surface area contributed by atoms with Gasteiger partial charge in [-0.2, -0.15) is 0 Å². The van der Waals surface area contributed by atoms with E-state index in [0.29, 0.717) is 5.75 Å². The molecule has 0 amide bonds. The number of aromatic amines is 1. The Balaban J connectivity index is 2.00. The van der Waals surface area contributed by atoms with Crippen LogP contribution < -0.4 is 20.1 Å². The van der Waals surface area contributed by atoms with Crippen molar-refractivity contribution in [2.24, 2.45) is 0 Å². The van der Waals surface area contributed by atoms with Crippen LogP contribution in [0.5, 0.6) is 23.1 Å². The van der Waals surface area contributed by atoms with Crippen LogP contribution in [-0.2, 0) is 0 Å². The summed E-state index contributed by atoms with van der Waals surface area (Å²) in [6.45, 7) is 0. The van der Waals surface area contributed by atoms with E-state index in [0.717, 1.165) is 0 Å². The molecule has 2 heterocycles. The summed E-state index contributed by atoms with van der Waals surface area (Å²) in [7, 11) is 1.46. The molecule has 0 atom stereocenters. The van der Waals surface area contributed by atoms with E-state index in [1.165, 1.54) is 19.5 Å². The van der Waals surface area contributed by atoms with Gasteiger partial charge in [-0.15, -0.1) is 0 Å². The van der Waals surface area contributed by atoms with Crippen molar-refractivity contribution in [2.45, 2.75) is 0 Å². The van der Waals surface area contributed by atoms with Gasteiger partial charge in [0.1, 0.15) is 0 Å². The number of hydrogen-bond donors (Lipinski definition) is 1. The average molecular weight is 311 g/mol. The van der Waals surface area contributed by atoms with E-state index < -0.39 is 17.2 Å². The molecule has 23 heavy (non-hydrogen) atoms. The van der Waals surface area contributed by atoms with Crippen molar-refractivity contribution < 1.29 is 14.6 Å². The number of para-hydroxylation sites is 2. The van der Waals surface area contributed by atoms with Gasteiger partial charge in [0.15, 0.2) is 23.1 Å². The molecule has 0 radical (unpaired) electrons. The third-order valence-electron chi connectivity index (χ3n) is 2.90. The Morgan fingerprint density at radius 1 is 1.09 bits per heavy atom. The van der Waals surface area contributed by atoms with Crippen molar-refractivity contribution in [1.29, 1.82) is 0 Å². The standard InChI is InChI=1S/C15H12N4O4/c1-22-9-5-2-3-6-10(9)23-11-14(20)18-13(19-15(11)21)12-16-7-4-8-17-12/h2-8H,1H3,(H2,18,19,20,21)/p-1. The van der Waals surface area contributed by atoms with Crippen LogP contribution in [-0.4, -0.2) is 27.0 Å². The Kier molecular flexibility index (Phi) is 3.88. The highest BCUT2D eigenvalue weighted by Crippen LogP contribution is 2.31. The van der Waals surface area contributed by atoms with Gasteiger partial charge >= 0.3 is 0 Å². The molecule has 1 aromatic carbocycles. The smallest absolute Gasteiger partial charge is 0.293 e. The predicted octanol–water partition coefficient (Wildman–Crippen LogP) is 1.10. The average Bonchev–Trinajstić information content (AvgIpc) is 2.59. The maximum Gasteiger partial charge on any atom is 0.293 e. The van der Waals surface area contributed by atoms with Crippen molar-refractivity contribution in [1.82, 2.24) is 19.9 Å². The topological polar surface area (TPSA) is 113 Å². The Hall–Kier alpha value is -3.42. The Labute approximate surface area is 130 Å². The Morgan fingerprint density at radius 3 is 2.43 bits per heavy atom. The zero-order valence-electron chi connectivity index (χ0n) is 12.0. The minimum absolute atomic E-state index is 0.0204. The molecule has 0 aliphatic rings. The molecule has 8 nitrogen and oxygen atoms in total. The molecule has 3 aromatic rings. The molecular formula is C15H11N4O4-. The van der Waals surface area contributed by atoms with Crippen LogP contribution in [0.3, 0.4) is 0 Å². The van der Waals surface area contributed by atoms with Crippen molar-refractivity contribution in [3.05, 3.63) is 53.1 Å². The highest BCUT2D eigenvalue weighted by Gasteiger charge is 2.12. The fraction of sp³-hybridized carbons (Fsp3) is 0.0667. The Morgan fingerprint density at radius 2 is 1.78 bits per heavy atom. The monoisotopic (exact) mass is 311 g/mol. The van der Waals surface area contributed by atoms with Crippen LogP contribution in [0.15, 0.2) is 47.5 Å². The summed E-state index contributed by atoms with van der Waals surface area (Å²) in [5.41, 5.74) is -0.724. The number of nitrogens with one attached hydrogen (secondary N) is 1. The van der Waals surface area contributed by atoms with Crippen molar-refractivity contribution in [3.63, 3.8) is 0 Å². The van der Waals surface area contributed by atoms with E-state index >= 15 is 0 Å². The second kappa shape index (κ2) is 6.14. The van der Waals surface area contributed by atoms with Crippen molar-refractivity contribution >= 4 is 0 Å². The largest absolute Gasteiger partial charge is 0.856 e. The van der Waals surface area contributed by atoms with E-state index in [1.807, 2.05) is 0 Å². The molecule has 0 saturated heterocycles. The lowest BCUT2D eigenvalue weighted by Crippen LogP contribution is -2.16. The van der Waals surface area contributed by atoms with Gasteiger partial charge in [0.25, 0.3) is 5.56 Å². The van der Waals surface area contributed by atoms with Crippen molar-refractivity contribution in [2.75, 3.05) is 7.11 Å². The van der Waals surface area contributed by atoms with E-state index in [9.17, 15) is 9.90 Å². The maximum absolute atomic E-state index is 12.1. The quantitative estimate of drug-likeness (QED) is 0.767. The number of hydrogen-bond acceptors (Lipinski definition) is 7. The van der Waals surface area contributed by atoms with Gasteiger partial charge in [0.05, 0.1) is 7.11 Å². The zero-order valence-corrected chi connectivity index (χ0v) is 12.0. The summed E-state index contributed by atoms with van der Waals surface area (Å²) >= 11 is 0. The summed E-state index contributed by atoms with van der Waals surface area (Å²) in [5.74, 6) is -0.514. The van der Waals surface area contributed by atoms with Crippen molar-refractivity contribution in [3.8, 4) is 34.8 Å². The lowest BCUT2D eigenvalue weighted by atomic mass is 10.3. The molecule has 0 bridgehead atoms. The molecule has 3 rings (SSSR count). The first kappa shape index (κ1) is 14.5. The summed E-state index contributed by atoms with van der Waals surface area (Å²) in [6, 6.07) is 8.26. The third kappa shape index (κ3) is 2.95. The fourth-order valence-electron chi connectivity index (χ4n) is 1.87. The fourth-order valence-corrected chi connectivity index (χ4v) is 1.87. The summed E-state index contributed by atoms with van der Waals surface area (Å²) < 4.78 is 10.5. The number of aromatic nitrogens is 4. The van der Waals surface area contributed by atoms with E-state index in [-0.39, 0.29) is 17.4 Å². The molecule has 1 N–H and O–H groups in total. The lowest BCUT2D eigenvalue weighted by molar-refractivity contribution is -0.276. The van der Waals surface area contributed by atoms with Crippen LogP contribution in [0.4, 0.5) is 0 Å². The van der Waals surface area contributed by atoms with Gasteiger partial charge < -0.3 is 19.6 Å². The number of nitrogens with zero attached hydrogens (tertiary/aromatic N) is 3. The molecule has 0 saturated carbocycles. The molecule has 116 valence electrons. The predicted molar refractivity (Wildman–Crippen MR) is 78.4 cm³/mol. The first-order valence-electron chi connectivity index (χ1n) is 6.58. The second-order valence-corrected chi connectivity index (χ2v) is 4.37. The summed E-state index contributed by atoms with van der Waals surface area (Å²) in [6.07, 6.45) is 2.96. The van der Waals surface area contributed by atoms with Crippen LogP contribution in [0.25, 0.3) is 11.6 Å². The van der Waals surface area contributed by atoms with Gasteiger partial charge in [-0.1, -0.05) is 12.1 Å². The van der Waals surface area contributed by atoms with E-state index in [4.69, 9.17) is 9.47 Å². The first-order valence-corrected chi connectivity index (χ1v) is 6.58. The minimum atomic E-state index is -0.817. The number of H-pyrrole nitrogens is 1. The Bertz CT molecular complexity index is 880. The molecule has 0 aliphatic heterocycles. The van der Waals surface area contributed by atoms with Crippen LogP contribution in [0.1, 0.15) is 0 Å². The molecule has 0 aliphatic carbocycles. The molecule has 2 aromatic heterocycles. The van der Waals surface area contributed by atoms with Crippen LogP contribution in [0.2, 0.25) is 0 Å².